The van der Waals surface area contributed by atoms with E-state index in [9.17, 15) is 22.4 Å². The summed E-state index contributed by atoms with van der Waals surface area (Å²) in [6.45, 7) is 0.736. The predicted octanol–water partition coefficient (Wildman–Crippen LogP) is 2.19. The molecule has 0 aromatic heterocycles. The van der Waals surface area contributed by atoms with Gasteiger partial charge in [-0.25, -0.2) is 4.39 Å². The van der Waals surface area contributed by atoms with E-state index in [-0.39, 0.29) is 19.0 Å². The molecule has 1 aromatic rings. The van der Waals surface area contributed by atoms with Crippen molar-refractivity contribution in [2.24, 2.45) is 0 Å². The van der Waals surface area contributed by atoms with Gasteiger partial charge in [-0.15, -0.1) is 0 Å². The molecule has 1 N–H and O–H groups in total. The second kappa shape index (κ2) is 6.96. The zero-order valence-electron chi connectivity index (χ0n) is 12.1. The third kappa shape index (κ3) is 4.42. The van der Waals surface area contributed by atoms with Gasteiger partial charge in [0.2, 0.25) is 0 Å². The van der Waals surface area contributed by atoms with Crippen molar-refractivity contribution < 1.29 is 22.4 Å². The van der Waals surface area contributed by atoms with Crippen LogP contribution in [0.15, 0.2) is 24.3 Å². The number of hydrogen-bond acceptors (Lipinski definition) is 3. The zero-order valence-corrected chi connectivity index (χ0v) is 12.1. The highest BCUT2D eigenvalue weighted by Crippen LogP contribution is 2.29. The molecule has 4 nitrogen and oxygen atoms in total. The van der Waals surface area contributed by atoms with Crippen molar-refractivity contribution in [2.45, 2.75) is 24.6 Å². The minimum Gasteiger partial charge on any atom is -0.344 e. The number of nitrogens with one attached hydrogen (secondary N) is 1. The summed E-state index contributed by atoms with van der Waals surface area (Å²) < 4.78 is 50.5. The molecule has 1 aliphatic heterocycles. The number of likely N-dealkylation sites (tertiary alicyclic amines) is 1. The van der Waals surface area contributed by atoms with Crippen LogP contribution in [-0.4, -0.2) is 42.7 Å². The Morgan fingerprint density at radius 2 is 2.00 bits per heavy atom. The van der Waals surface area contributed by atoms with Crippen LogP contribution in [0.5, 0.6) is 0 Å². The predicted molar refractivity (Wildman–Crippen MR) is 73.8 cm³/mol. The van der Waals surface area contributed by atoms with E-state index in [0.717, 1.165) is 0 Å². The number of piperidine rings is 1. The summed E-state index contributed by atoms with van der Waals surface area (Å²) in [7, 11) is 0. The van der Waals surface area contributed by atoms with E-state index in [1.165, 1.54) is 24.3 Å². The first-order valence-corrected chi connectivity index (χ1v) is 7.03. The van der Waals surface area contributed by atoms with E-state index in [1.54, 1.807) is 4.90 Å². The summed E-state index contributed by atoms with van der Waals surface area (Å²) in [5.41, 5.74) is 0.662. The fourth-order valence-electron chi connectivity index (χ4n) is 2.77. The quantitative estimate of drug-likeness (QED) is 0.683. The number of nitrogens with zero attached hydrogens (tertiary/aromatic N) is 2. The van der Waals surface area contributed by atoms with Gasteiger partial charge in [-0.05, 0) is 30.7 Å². The maximum Gasteiger partial charge on any atom is 0.471 e. The monoisotopic (exact) mass is 329 g/mol. The Morgan fingerprint density at radius 1 is 1.35 bits per heavy atom. The Morgan fingerprint density at radius 3 is 2.57 bits per heavy atom. The first kappa shape index (κ1) is 17.2. The molecule has 124 valence electrons. The molecule has 1 aromatic carbocycles. The van der Waals surface area contributed by atoms with E-state index < -0.39 is 23.9 Å². The van der Waals surface area contributed by atoms with Gasteiger partial charge in [-0.1, -0.05) is 12.1 Å². The lowest BCUT2D eigenvalue weighted by atomic mass is 9.85. The molecule has 2 atom stereocenters. The van der Waals surface area contributed by atoms with Crippen LogP contribution in [0, 0.1) is 17.1 Å². The second-order valence-electron chi connectivity index (χ2n) is 5.42. The van der Waals surface area contributed by atoms with Crippen molar-refractivity contribution >= 4 is 5.91 Å². The average molecular weight is 329 g/mol. The van der Waals surface area contributed by atoms with Gasteiger partial charge in [0.05, 0.1) is 12.6 Å². The summed E-state index contributed by atoms with van der Waals surface area (Å²) in [6.07, 6.45) is -4.50. The SMILES string of the molecule is N#CCN1CC[C@@H](c2ccc(F)cc2)[C@H](NC(=O)C(F)(F)F)C1. The summed E-state index contributed by atoms with van der Waals surface area (Å²) >= 11 is 0. The van der Waals surface area contributed by atoms with Crippen LogP contribution in [0.3, 0.4) is 0 Å². The van der Waals surface area contributed by atoms with E-state index in [4.69, 9.17) is 5.26 Å². The van der Waals surface area contributed by atoms with Crippen LogP contribution in [-0.2, 0) is 4.79 Å². The highest BCUT2D eigenvalue weighted by molar-refractivity contribution is 5.82. The molecule has 1 saturated heterocycles. The molecule has 1 fully saturated rings. The molecule has 8 heteroatoms. The number of hydrogen-bond donors (Lipinski definition) is 1. The van der Waals surface area contributed by atoms with Gasteiger partial charge in [0, 0.05) is 18.5 Å². The Bertz CT molecular complexity index is 594. The number of benzene rings is 1. The van der Waals surface area contributed by atoms with Crippen molar-refractivity contribution in [1.29, 1.82) is 5.26 Å². The minimum absolute atomic E-state index is 0.0779. The molecule has 0 spiro atoms. The van der Waals surface area contributed by atoms with Gasteiger partial charge in [-0.2, -0.15) is 18.4 Å². The minimum atomic E-state index is -4.97. The third-order valence-electron chi connectivity index (χ3n) is 3.86. The number of alkyl halides is 3. The topological polar surface area (TPSA) is 56.1 Å². The Hall–Kier alpha value is -2.14. The van der Waals surface area contributed by atoms with Gasteiger partial charge < -0.3 is 5.32 Å². The maximum absolute atomic E-state index is 13.0. The number of carbonyl (C=O) groups is 1. The highest BCUT2D eigenvalue weighted by atomic mass is 19.4. The van der Waals surface area contributed by atoms with Gasteiger partial charge >= 0.3 is 12.1 Å². The smallest absolute Gasteiger partial charge is 0.344 e. The van der Waals surface area contributed by atoms with Crippen LogP contribution in [0.2, 0.25) is 0 Å². The summed E-state index contributed by atoms with van der Waals surface area (Å²) in [5.74, 6) is -2.81. The van der Waals surface area contributed by atoms with Crippen molar-refractivity contribution in [3.8, 4) is 6.07 Å². The molecule has 0 bridgehead atoms. The molecule has 1 amide bonds. The number of carbonyl (C=O) groups excluding carboxylic acids is 1. The summed E-state index contributed by atoms with van der Waals surface area (Å²) in [4.78, 5) is 12.9. The number of nitriles is 1. The molecular weight excluding hydrogens is 314 g/mol. The van der Waals surface area contributed by atoms with Crippen LogP contribution < -0.4 is 5.32 Å². The molecule has 1 heterocycles. The van der Waals surface area contributed by atoms with E-state index in [1.807, 2.05) is 11.4 Å². The number of halogens is 4. The van der Waals surface area contributed by atoms with Crippen LogP contribution in [0.25, 0.3) is 0 Å². The molecule has 0 aliphatic carbocycles. The summed E-state index contributed by atoms with van der Waals surface area (Å²) in [5, 5.41) is 10.7. The van der Waals surface area contributed by atoms with Crippen molar-refractivity contribution in [3.05, 3.63) is 35.6 Å². The molecule has 1 aliphatic rings. The van der Waals surface area contributed by atoms with Crippen LogP contribution in [0.4, 0.5) is 17.6 Å². The standard InChI is InChI=1S/C15H15F4N3O/c16-11-3-1-10(2-4-11)12-5-7-22(8-6-20)9-13(12)21-14(23)15(17,18)19/h1-4,12-13H,5,7-9H2,(H,21,23)/t12-,13+/m0/s1. The lowest BCUT2D eigenvalue weighted by Crippen LogP contribution is -2.54. The average Bonchev–Trinajstić information content (AvgIpc) is 2.48. The van der Waals surface area contributed by atoms with Gasteiger partial charge in [0.15, 0.2) is 0 Å². The Labute approximate surface area is 130 Å². The zero-order chi connectivity index (χ0) is 17.0. The Kier molecular flexibility index (Phi) is 5.21. The number of amides is 1. The van der Waals surface area contributed by atoms with Gasteiger partial charge in [0.1, 0.15) is 5.82 Å². The molecular formula is C15H15F4N3O. The molecule has 23 heavy (non-hydrogen) atoms. The lowest BCUT2D eigenvalue weighted by Gasteiger charge is -2.38. The normalized spacial score (nSPS) is 22.4. The Balaban J connectivity index is 2.19. The van der Waals surface area contributed by atoms with Gasteiger partial charge in [-0.3, -0.25) is 9.69 Å². The fraction of sp³-hybridized carbons (Fsp3) is 0.467. The van der Waals surface area contributed by atoms with Crippen LogP contribution in [0.1, 0.15) is 17.9 Å². The van der Waals surface area contributed by atoms with E-state index >= 15 is 0 Å². The van der Waals surface area contributed by atoms with Gasteiger partial charge in [0.25, 0.3) is 0 Å². The molecule has 0 radical (unpaired) electrons. The van der Waals surface area contributed by atoms with Crippen molar-refractivity contribution in [3.63, 3.8) is 0 Å². The van der Waals surface area contributed by atoms with Crippen molar-refractivity contribution in [2.75, 3.05) is 19.6 Å². The highest BCUT2D eigenvalue weighted by Gasteiger charge is 2.42. The fourth-order valence-corrected chi connectivity index (χ4v) is 2.77. The van der Waals surface area contributed by atoms with E-state index in [0.29, 0.717) is 18.5 Å². The van der Waals surface area contributed by atoms with E-state index in [2.05, 4.69) is 0 Å². The first-order valence-electron chi connectivity index (χ1n) is 7.03. The van der Waals surface area contributed by atoms with Crippen molar-refractivity contribution in [1.82, 2.24) is 10.2 Å². The third-order valence-corrected chi connectivity index (χ3v) is 3.86. The first-order chi connectivity index (χ1) is 10.8. The molecule has 0 saturated carbocycles. The summed E-state index contributed by atoms with van der Waals surface area (Å²) in [6, 6.07) is 6.64. The maximum atomic E-state index is 13.0. The number of rotatable bonds is 3. The largest absolute Gasteiger partial charge is 0.471 e. The molecule has 2 rings (SSSR count). The lowest BCUT2D eigenvalue weighted by molar-refractivity contribution is -0.174. The van der Waals surface area contributed by atoms with Crippen LogP contribution >= 0.6 is 0 Å². The second-order valence-corrected chi connectivity index (χ2v) is 5.42. The molecule has 0 unspecified atom stereocenters.